The van der Waals surface area contributed by atoms with E-state index in [2.05, 4.69) is 53.3 Å². The van der Waals surface area contributed by atoms with Crippen LogP contribution >= 0.6 is 11.6 Å². The molecular weight excluding hydrogens is 510 g/mol. The number of carbonyl (C=O) groups is 2. The minimum absolute atomic E-state index is 0.0459. The minimum atomic E-state index is -0.556. The summed E-state index contributed by atoms with van der Waals surface area (Å²) in [5.74, 6) is -1.04. The van der Waals surface area contributed by atoms with E-state index in [-0.39, 0.29) is 11.3 Å². The van der Waals surface area contributed by atoms with Crippen molar-refractivity contribution in [2.24, 2.45) is 5.10 Å². The van der Waals surface area contributed by atoms with Crippen molar-refractivity contribution >= 4 is 47.1 Å². The molecule has 0 saturated heterocycles. The standard InChI is InChI=1S/C31H36ClN5O2/c1-5-36(6-2)25-17-13-23(14-18-25)21-29(34-30(38)27-11-9-10-12-28(27)32)31(39)35-33-22-24-15-19-26(20-16-24)37(7-3)8-4/h9-22H,5-8H2,1-4H3,(H,34,38)(H,35,39)/b29-21+,33-22?. The second-order valence-corrected chi connectivity index (χ2v) is 9.13. The quantitative estimate of drug-likeness (QED) is 0.167. The van der Waals surface area contributed by atoms with Crippen LogP contribution in [0, 0.1) is 0 Å². The Hall–Kier alpha value is -4.10. The maximum absolute atomic E-state index is 13.1. The van der Waals surface area contributed by atoms with Crippen molar-refractivity contribution in [3.63, 3.8) is 0 Å². The van der Waals surface area contributed by atoms with Crippen molar-refractivity contribution < 1.29 is 9.59 Å². The molecule has 2 amide bonds. The number of benzene rings is 3. The van der Waals surface area contributed by atoms with Gasteiger partial charge in [-0.05, 0) is 81.3 Å². The number of hydrogen-bond acceptors (Lipinski definition) is 5. The highest BCUT2D eigenvalue weighted by Crippen LogP contribution is 2.18. The summed E-state index contributed by atoms with van der Waals surface area (Å²) < 4.78 is 0. The molecule has 39 heavy (non-hydrogen) atoms. The number of hydrogen-bond donors (Lipinski definition) is 2. The summed E-state index contributed by atoms with van der Waals surface area (Å²) in [4.78, 5) is 30.6. The first-order valence-electron chi connectivity index (χ1n) is 13.2. The molecule has 0 aromatic heterocycles. The fourth-order valence-corrected chi connectivity index (χ4v) is 4.34. The Balaban J connectivity index is 1.81. The molecule has 0 aliphatic heterocycles. The first-order valence-corrected chi connectivity index (χ1v) is 13.6. The molecule has 0 aliphatic rings. The molecule has 0 radical (unpaired) electrons. The third kappa shape index (κ3) is 8.19. The van der Waals surface area contributed by atoms with E-state index in [1.54, 1.807) is 36.6 Å². The Labute approximate surface area is 236 Å². The Bertz CT molecular complexity index is 1300. The zero-order chi connectivity index (χ0) is 28.2. The lowest BCUT2D eigenvalue weighted by atomic mass is 10.1. The molecule has 204 valence electrons. The van der Waals surface area contributed by atoms with Gasteiger partial charge in [-0.25, -0.2) is 5.43 Å². The van der Waals surface area contributed by atoms with Crippen molar-refractivity contribution in [2.45, 2.75) is 27.7 Å². The van der Waals surface area contributed by atoms with Crippen molar-refractivity contribution in [2.75, 3.05) is 36.0 Å². The molecule has 0 fully saturated rings. The fraction of sp³-hybridized carbons (Fsp3) is 0.258. The number of anilines is 2. The minimum Gasteiger partial charge on any atom is -0.372 e. The molecule has 0 saturated carbocycles. The molecule has 0 bridgehead atoms. The average Bonchev–Trinajstić information content (AvgIpc) is 2.95. The highest BCUT2D eigenvalue weighted by Gasteiger charge is 2.16. The van der Waals surface area contributed by atoms with E-state index in [1.165, 1.54) is 0 Å². The van der Waals surface area contributed by atoms with E-state index in [0.717, 1.165) is 48.7 Å². The fourth-order valence-electron chi connectivity index (χ4n) is 4.12. The van der Waals surface area contributed by atoms with Crippen molar-refractivity contribution in [3.05, 3.63) is 100 Å². The Kier molecular flexibility index (Phi) is 11.1. The maximum atomic E-state index is 13.1. The van der Waals surface area contributed by atoms with E-state index in [4.69, 9.17) is 11.6 Å². The molecule has 0 unspecified atom stereocenters. The third-order valence-electron chi connectivity index (χ3n) is 6.35. The van der Waals surface area contributed by atoms with Crippen LogP contribution in [0.25, 0.3) is 6.08 Å². The molecule has 0 atom stereocenters. The van der Waals surface area contributed by atoms with Crippen LogP contribution in [-0.4, -0.2) is 44.2 Å². The Morgan fingerprint density at radius 3 is 1.79 bits per heavy atom. The lowest BCUT2D eigenvalue weighted by Gasteiger charge is -2.21. The molecular formula is C31H36ClN5O2. The van der Waals surface area contributed by atoms with Crippen LogP contribution in [0.2, 0.25) is 5.02 Å². The summed E-state index contributed by atoms with van der Waals surface area (Å²) >= 11 is 6.21. The van der Waals surface area contributed by atoms with Gasteiger partial charge in [0.2, 0.25) is 0 Å². The van der Waals surface area contributed by atoms with E-state index < -0.39 is 11.8 Å². The summed E-state index contributed by atoms with van der Waals surface area (Å²) in [5.41, 5.74) is 6.64. The first-order chi connectivity index (χ1) is 18.9. The zero-order valence-electron chi connectivity index (χ0n) is 22.9. The third-order valence-corrected chi connectivity index (χ3v) is 6.67. The first kappa shape index (κ1) is 29.5. The van der Waals surface area contributed by atoms with Crippen LogP contribution in [0.5, 0.6) is 0 Å². The number of halogens is 1. The van der Waals surface area contributed by atoms with Crippen LogP contribution in [0.1, 0.15) is 49.2 Å². The summed E-state index contributed by atoms with van der Waals surface area (Å²) in [7, 11) is 0. The summed E-state index contributed by atoms with van der Waals surface area (Å²) in [6, 6.07) is 22.4. The molecule has 8 heteroatoms. The number of amides is 2. The van der Waals surface area contributed by atoms with E-state index in [1.807, 2.05) is 48.5 Å². The highest BCUT2D eigenvalue weighted by atomic mass is 35.5. The van der Waals surface area contributed by atoms with Gasteiger partial charge in [0.05, 0.1) is 16.8 Å². The van der Waals surface area contributed by atoms with E-state index in [0.29, 0.717) is 5.02 Å². The van der Waals surface area contributed by atoms with Crippen molar-refractivity contribution in [1.82, 2.24) is 10.7 Å². The van der Waals surface area contributed by atoms with Crippen LogP contribution in [0.3, 0.4) is 0 Å². The molecule has 2 N–H and O–H groups in total. The average molecular weight is 546 g/mol. The molecule has 7 nitrogen and oxygen atoms in total. The van der Waals surface area contributed by atoms with Gasteiger partial charge in [-0.3, -0.25) is 9.59 Å². The monoisotopic (exact) mass is 545 g/mol. The molecule has 3 aromatic carbocycles. The molecule has 3 rings (SSSR count). The summed E-state index contributed by atoms with van der Waals surface area (Å²) in [5, 5.41) is 7.11. The van der Waals surface area contributed by atoms with Gasteiger partial charge >= 0.3 is 0 Å². The van der Waals surface area contributed by atoms with Gasteiger partial charge in [0.25, 0.3) is 11.8 Å². The molecule has 0 spiro atoms. The largest absolute Gasteiger partial charge is 0.372 e. The topological polar surface area (TPSA) is 77.0 Å². The van der Waals surface area contributed by atoms with Crippen LogP contribution < -0.4 is 20.5 Å². The highest BCUT2D eigenvalue weighted by molar-refractivity contribution is 6.34. The van der Waals surface area contributed by atoms with Gasteiger partial charge in [-0.1, -0.05) is 48.0 Å². The van der Waals surface area contributed by atoms with Crippen LogP contribution in [0.4, 0.5) is 11.4 Å². The number of carbonyl (C=O) groups excluding carboxylic acids is 2. The number of rotatable bonds is 12. The number of hydrazone groups is 1. The van der Waals surface area contributed by atoms with Crippen molar-refractivity contribution in [3.8, 4) is 0 Å². The number of nitrogens with one attached hydrogen (secondary N) is 2. The lowest BCUT2D eigenvalue weighted by molar-refractivity contribution is -0.117. The Morgan fingerprint density at radius 1 is 0.769 bits per heavy atom. The summed E-state index contributed by atoms with van der Waals surface area (Å²) in [6.07, 6.45) is 3.18. The van der Waals surface area contributed by atoms with Crippen LogP contribution in [-0.2, 0) is 4.79 Å². The van der Waals surface area contributed by atoms with E-state index >= 15 is 0 Å². The van der Waals surface area contributed by atoms with Gasteiger partial charge in [0, 0.05) is 37.6 Å². The van der Waals surface area contributed by atoms with Gasteiger partial charge < -0.3 is 15.1 Å². The molecule has 0 heterocycles. The second kappa shape index (κ2) is 14.7. The predicted molar refractivity (Wildman–Crippen MR) is 163 cm³/mol. The maximum Gasteiger partial charge on any atom is 0.287 e. The Morgan fingerprint density at radius 2 is 1.28 bits per heavy atom. The number of nitrogens with zero attached hydrogens (tertiary/aromatic N) is 3. The van der Waals surface area contributed by atoms with Crippen LogP contribution in [0.15, 0.2) is 83.6 Å². The summed E-state index contributed by atoms with van der Waals surface area (Å²) in [6.45, 7) is 12.1. The van der Waals surface area contributed by atoms with E-state index in [9.17, 15) is 9.59 Å². The predicted octanol–water partition coefficient (Wildman–Crippen LogP) is 5.95. The van der Waals surface area contributed by atoms with Gasteiger partial charge in [-0.2, -0.15) is 5.10 Å². The molecule has 0 aliphatic carbocycles. The van der Waals surface area contributed by atoms with Gasteiger partial charge in [0.1, 0.15) is 5.70 Å². The molecule has 3 aromatic rings. The lowest BCUT2D eigenvalue weighted by Crippen LogP contribution is -2.33. The SMILES string of the molecule is CCN(CC)c1ccc(C=NNC(=O)/C(=C\c2ccc(N(CC)CC)cc2)NC(=O)c2ccccc2Cl)cc1. The second-order valence-electron chi connectivity index (χ2n) is 8.72. The zero-order valence-corrected chi connectivity index (χ0v) is 23.7. The smallest absolute Gasteiger partial charge is 0.287 e. The van der Waals surface area contributed by atoms with Gasteiger partial charge in [0.15, 0.2) is 0 Å². The normalized spacial score (nSPS) is 11.4. The van der Waals surface area contributed by atoms with Crippen molar-refractivity contribution in [1.29, 1.82) is 0 Å². The van der Waals surface area contributed by atoms with Gasteiger partial charge in [-0.15, -0.1) is 0 Å².